The number of halogens is 1. The number of anilines is 3. The standard InChI is InChI=1S/C24H20ClN7O2/c1-2-16-5-3-8-19(11-16)28-23-26-10-9-22(31-23)32-14-20(13-27-32)29-24(34)30-21(15-33)17-6-4-7-18(25)12-17/h1,3-14,21,33H,15H2,(H,26,28,31)(H2,29,30,34). The first kappa shape index (κ1) is 22.8. The molecule has 10 heteroatoms. The lowest BCUT2D eigenvalue weighted by Crippen LogP contribution is -2.34. The molecule has 170 valence electrons. The molecular formula is C24H20ClN7O2. The number of carbonyl (C=O) groups excluding carboxylic acids is 1. The van der Waals surface area contributed by atoms with Gasteiger partial charge in [-0.25, -0.2) is 14.5 Å². The van der Waals surface area contributed by atoms with Crippen LogP contribution in [-0.2, 0) is 0 Å². The van der Waals surface area contributed by atoms with Crippen molar-refractivity contribution in [2.45, 2.75) is 6.04 Å². The van der Waals surface area contributed by atoms with E-state index in [9.17, 15) is 9.90 Å². The average molecular weight is 474 g/mol. The van der Waals surface area contributed by atoms with Gasteiger partial charge in [0.1, 0.15) is 0 Å². The van der Waals surface area contributed by atoms with Gasteiger partial charge < -0.3 is 21.1 Å². The lowest BCUT2D eigenvalue weighted by Gasteiger charge is -2.17. The third-order valence-corrected chi connectivity index (χ3v) is 4.98. The van der Waals surface area contributed by atoms with E-state index in [-0.39, 0.29) is 6.61 Å². The molecule has 0 saturated heterocycles. The zero-order valence-electron chi connectivity index (χ0n) is 17.8. The summed E-state index contributed by atoms with van der Waals surface area (Å²) in [6.45, 7) is -0.284. The summed E-state index contributed by atoms with van der Waals surface area (Å²) in [5.41, 5.74) is 2.62. The number of aromatic nitrogens is 4. The number of rotatable bonds is 7. The van der Waals surface area contributed by atoms with Gasteiger partial charge >= 0.3 is 6.03 Å². The SMILES string of the molecule is C#Cc1cccc(Nc2nccc(-n3cc(NC(=O)NC(CO)c4cccc(Cl)c4)cn3)n2)c1. The van der Waals surface area contributed by atoms with Crippen LogP contribution in [0.2, 0.25) is 5.02 Å². The molecule has 0 aliphatic carbocycles. The fraction of sp³-hybridized carbons (Fsp3) is 0.0833. The fourth-order valence-corrected chi connectivity index (χ4v) is 3.35. The zero-order chi connectivity index (χ0) is 23.9. The van der Waals surface area contributed by atoms with Crippen molar-refractivity contribution in [3.63, 3.8) is 0 Å². The Labute approximate surface area is 200 Å². The average Bonchev–Trinajstić information content (AvgIpc) is 3.31. The molecule has 1 unspecified atom stereocenters. The molecule has 4 N–H and O–H groups in total. The number of aliphatic hydroxyl groups excluding tert-OH is 1. The van der Waals surface area contributed by atoms with E-state index in [0.29, 0.717) is 28.0 Å². The Morgan fingerprint density at radius 2 is 2.03 bits per heavy atom. The van der Waals surface area contributed by atoms with Crippen LogP contribution in [0.1, 0.15) is 17.2 Å². The summed E-state index contributed by atoms with van der Waals surface area (Å²) in [5, 5.41) is 22.9. The lowest BCUT2D eigenvalue weighted by atomic mass is 10.1. The Hall–Kier alpha value is -4.39. The monoisotopic (exact) mass is 473 g/mol. The molecule has 4 aromatic rings. The molecule has 2 aromatic carbocycles. The van der Waals surface area contributed by atoms with Crippen molar-refractivity contribution in [3.8, 4) is 18.2 Å². The molecule has 2 aromatic heterocycles. The van der Waals surface area contributed by atoms with Crippen LogP contribution in [0, 0.1) is 12.3 Å². The molecule has 0 saturated carbocycles. The summed E-state index contributed by atoms with van der Waals surface area (Å²) in [5.74, 6) is 3.44. The lowest BCUT2D eigenvalue weighted by molar-refractivity contribution is 0.225. The van der Waals surface area contributed by atoms with Gasteiger partial charge in [0.15, 0.2) is 5.82 Å². The molecule has 1 atom stereocenters. The van der Waals surface area contributed by atoms with E-state index >= 15 is 0 Å². The summed E-state index contributed by atoms with van der Waals surface area (Å²) >= 11 is 6.00. The molecule has 0 fully saturated rings. The maximum atomic E-state index is 12.4. The van der Waals surface area contributed by atoms with E-state index in [1.54, 1.807) is 42.7 Å². The summed E-state index contributed by atoms with van der Waals surface area (Å²) in [6, 6.07) is 14.8. The van der Waals surface area contributed by atoms with E-state index in [4.69, 9.17) is 18.0 Å². The highest BCUT2D eigenvalue weighted by atomic mass is 35.5. The summed E-state index contributed by atoms with van der Waals surface area (Å²) in [7, 11) is 0. The van der Waals surface area contributed by atoms with Crippen LogP contribution < -0.4 is 16.0 Å². The van der Waals surface area contributed by atoms with Crippen LogP contribution in [0.25, 0.3) is 5.82 Å². The van der Waals surface area contributed by atoms with E-state index in [0.717, 1.165) is 11.3 Å². The number of nitrogens with one attached hydrogen (secondary N) is 3. The van der Waals surface area contributed by atoms with E-state index in [1.807, 2.05) is 24.3 Å². The largest absolute Gasteiger partial charge is 0.394 e. The number of benzene rings is 2. The Kier molecular flexibility index (Phi) is 7.03. The molecule has 0 spiro atoms. The topological polar surface area (TPSA) is 117 Å². The Balaban J connectivity index is 1.42. The van der Waals surface area contributed by atoms with E-state index < -0.39 is 12.1 Å². The maximum Gasteiger partial charge on any atom is 0.319 e. The van der Waals surface area contributed by atoms with Crippen LogP contribution >= 0.6 is 11.6 Å². The third-order valence-electron chi connectivity index (χ3n) is 4.74. The molecule has 2 heterocycles. The van der Waals surface area contributed by atoms with Crippen molar-refractivity contribution < 1.29 is 9.90 Å². The number of carbonyl (C=O) groups is 1. The number of hydrogen-bond acceptors (Lipinski definition) is 6. The predicted octanol–water partition coefficient (Wildman–Crippen LogP) is 3.90. The number of amides is 2. The van der Waals surface area contributed by atoms with Crippen molar-refractivity contribution in [2.24, 2.45) is 0 Å². The number of urea groups is 1. The van der Waals surface area contributed by atoms with Crippen LogP contribution in [0.3, 0.4) is 0 Å². The van der Waals surface area contributed by atoms with Crippen molar-refractivity contribution in [1.29, 1.82) is 0 Å². The highest BCUT2D eigenvalue weighted by molar-refractivity contribution is 6.30. The molecule has 0 radical (unpaired) electrons. The second kappa shape index (κ2) is 10.5. The van der Waals surface area contributed by atoms with Gasteiger partial charge in [-0.1, -0.05) is 35.7 Å². The van der Waals surface area contributed by atoms with Gasteiger partial charge in [0.05, 0.1) is 30.7 Å². The minimum absolute atomic E-state index is 0.284. The first-order chi connectivity index (χ1) is 16.5. The van der Waals surface area contributed by atoms with E-state index in [1.165, 1.54) is 10.9 Å². The highest BCUT2D eigenvalue weighted by Gasteiger charge is 2.15. The van der Waals surface area contributed by atoms with Gasteiger partial charge in [-0.05, 0) is 35.9 Å². The quantitative estimate of drug-likeness (QED) is 0.302. The van der Waals surface area contributed by atoms with Gasteiger partial charge in [-0.3, -0.25) is 0 Å². The van der Waals surface area contributed by atoms with Gasteiger partial charge in [0.2, 0.25) is 5.95 Å². The second-order valence-electron chi connectivity index (χ2n) is 7.15. The maximum absolute atomic E-state index is 12.4. The molecule has 0 aliphatic rings. The van der Waals surface area contributed by atoms with Crippen molar-refractivity contribution in [3.05, 3.63) is 89.3 Å². The molecule has 4 rings (SSSR count). The Morgan fingerprint density at radius 3 is 2.82 bits per heavy atom. The van der Waals surface area contributed by atoms with Crippen molar-refractivity contribution in [1.82, 2.24) is 25.1 Å². The summed E-state index contributed by atoms with van der Waals surface area (Å²) < 4.78 is 1.50. The Morgan fingerprint density at radius 1 is 1.18 bits per heavy atom. The van der Waals surface area contributed by atoms with Crippen LogP contribution in [0.15, 0.2) is 73.2 Å². The van der Waals surface area contributed by atoms with Gasteiger partial charge in [0.25, 0.3) is 0 Å². The van der Waals surface area contributed by atoms with Crippen molar-refractivity contribution in [2.75, 3.05) is 17.2 Å². The number of aliphatic hydroxyl groups is 1. The highest BCUT2D eigenvalue weighted by Crippen LogP contribution is 2.19. The van der Waals surface area contributed by atoms with Crippen LogP contribution in [0.4, 0.5) is 22.1 Å². The minimum Gasteiger partial charge on any atom is -0.394 e. The first-order valence-corrected chi connectivity index (χ1v) is 10.6. The Bertz CT molecular complexity index is 1350. The van der Waals surface area contributed by atoms with Crippen LogP contribution in [-0.4, -0.2) is 37.5 Å². The summed E-state index contributed by atoms with van der Waals surface area (Å²) in [6.07, 6.45) is 10.1. The summed E-state index contributed by atoms with van der Waals surface area (Å²) in [4.78, 5) is 21.1. The zero-order valence-corrected chi connectivity index (χ0v) is 18.6. The van der Waals surface area contributed by atoms with Crippen LogP contribution in [0.5, 0.6) is 0 Å². The normalized spacial score (nSPS) is 11.3. The van der Waals surface area contributed by atoms with Crippen molar-refractivity contribution >= 4 is 35.0 Å². The number of hydrogen-bond donors (Lipinski definition) is 4. The van der Waals surface area contributed by atoms with Gasteiger partial charge in [0, 0.05) is 28.5 Å². The fourth-order valence-electron chi connectivity index (χ4n) is 3.15. The molecular weight excluding hydrogens is 454 g/mol. The minimum atomic E-state index is -0.614. The van der Waals surface area contributed by atoms with Gasteiger partial charge in [-0.2, -0.15) is 10.1 Å². The predicted molar refractivity (Wildman–Crippen MR) is 130 cm³/mol. The number of nitrogens with zero attached hydrogens (tertiary/aromatic N) is 4. The van der Waals surface area contributed by atoms with E-state index in [2.05, 4.69) is 36.9 Å². The second-order valence-corrected chi connectivity index (χ2v) is 7.59. The first-order valence-electron chi connectivity index (χ1n) is 10.2. The number of terminal acetylenes is 1. The molecule has 34 heavy (non-hydrogen) atoms. The van der Waals surface area contributed by atoms with Gasteiger partial charge in [-0.15, -0.1) is 6.42 Å². The molecule has 9 nitrogen and oxygen atoms in total. The third kappa shape index (κ3) is 5.69. The smallest absolute Gasteiger partial charge is 0.319 e. The molecule has 0 aliphatic heterocycles. The molecule has 0 bridgehead atoms. The molecule has 2 amide bonds.